The highest BCUT2D eigenvalue weighted by Crippen LogP contribution is 2.36. The quantitative estimate of drug-likeness (QED) is 0.283. The third-order valence-corrected chi connectivity index (χ3v) is 5.79. The van der Waals surface area contributed by atoms with E-state index in [4.69, 9.17) is 19.2 Å². The lowest BCUT2D eigenvalue weighted by Gasteiger charge is -2.36. The largest absolute Gasteiger partial charge is 0.494 e. The van der Waals surface area contributed by atoms with Gasteiger partial charge in [0.25, 0.3) is 0 Å². The Balaban J connectivity index is 2.00. The van der Waals surface area contributed by atoms with Crippen molar-refractivity contribution in [3.8, 4) is 5.75 Å². The third kappa shape index (κ3) is 8.67. The number of aliphatic imine (C=N–C) groups is 1. The van der Waals surface area contributed by atoms with Crippen LogP contribution in [0.25, 0.3) is 0 Å². The van der Waals surface area contributed by atoms with Gasteiger partial charge in [0.15, 0.2) is 5.96 Å². The Morgan fingerprint density at radius 2 is 1.87 bits per heavy atom. The molecule has 0 aromatic heterocycles. The predicted octanol–water partition coefficient (Wildman–Crippen LogP) is 2.66. The molecule has 176 valence electrons. The van der Waals surface area contributed by atoms with E-state index < -0.39 is 0 Å². The lowest BCUT2D eigenvalue weighted by Crippen LogP contribution is -2.43. The minimum Gasteiger partial charge on any atom is -0.494 e. The van der Waals surface area contributed by atoms with Crippen molar-refractivity contribution in [1.82, 2.24) is 15.5 Å². The summed E-state index contributed by atoms with van der Waals surface area (Å²) in [6.45, 7) is 11.6. The van der Waals surface area contributed by atoms with Gasteiger partial charge in [-0.1, -0.05) is 12.1 Å². The Labute approximate surface area is 188 Å². The summed E-state index contributed by atoms with van der Waals surface area (Å²) in [5.41, 5.74) is 1.32. The molecule has 0 saturated carbocycles. The van der Waals surface area contributed by atoms with Crippen molar-refractivity contribution in [3.63, 3.8) is 0 Å². The number of hydrogen-bond acceptors (Lipinski definition) is 5. The molecule has 7 nitrogen and oxygen atoms in total. The van der Waals surface area contributed by atoms with Crippen molar-refractivity contribution < 1.29 is 14.2 Å². The number of nitrogens with one attached hydrogen (secondary N) is 2. The molecule has 0 atom stereocenters. The Morgan fingerprint density at radius 1 is 1.13 bits per heavy atom. The molecule has 7 heteroatoms. The average molecular weight is 435 g/mol. The standard InChI is InChI=1S/C24H42N4O3/c1-5-25-23(26-14-16-28(3)15-7-17-29-4)27-20-24(12-18-30-19-13-24)21-8-10-22(11-9-21)31-6-2/h8-11H,5-7,12-20H2,1-4H3,(H2,25,26,27). The van der Waals surface area contributed by atoms with E-state index in [-0.39, 0.29) is 5.41 Å². The monoisotopic (exact) mass is 434 g/mol. The summed E-state index contributed by atoms with van der Waals surface area (Å²) in [6, 6.07) is 8.54. The number of guanidine groups is 1. The normalized spacial score (nSPS) is 16.4. The molecule has 0 unspecified atom stereocenters. The van der Waals surface area contributed by atoms with Crippen LogP contribution in [0.2, 0.25) is 0 Å². The molecule has 1 aliphatic rings. The summed E-state index contributed by atoms with van der Waals surface area (Å²) in [6.07, 6.45) is 3.01. The van der Waals surface area contributed by atoms with Gasteiger partial charge in [-0.15, -0.1) is 0 Å². The molecule has 2 rings (SSSR count). The fourth-order valence-electron chi connectivity index (χ4n) is 3.90. The van der Waals surface area contributed by atoms with E-state index in [1.54, 1.807) is 7.11 Å². The van der Waals surface area contributed by atoms with Crippen LogP contribution in [0.4, 0.5) is 0 Å². The first-order valence-electron chi connectivity index (χ1n) is 11.6. The molecule has 0 aliphatic carbocycles. The zero-order valence-corrected chi connectivity index (χ0v) is 19.9. The zero-order valence-electron chi connectivity index (χ0n) is 19.9. The number of methoxy groups -OCH3 is 1. The number of rotatable bonds is 13. The molecule has 2 N–H and O–H groups in total. The van der Waals surface area contributed by atoms with Crippen molar-refractivity contribution in [1.29, 1.82) is 0 Å². The molecular weight excluding hydrogens is 392 g/mol. The Kier molecular flexibility index (Phi) is 11.7. The van der Waals surface area contributed by atoms with Crippen LogP contribution in [0.1, 0.15) is 38.7 Å². The van der Waals surface area contributed by atoms with Crippen LogP contribution in [0.5, 0.6) is 5.75 Å². The van der Waals surface area contributed by atoms with E-state index in [0.717, 1.165) is 83.5 Å². The van der Waals surface area contributed by atoms with Gasteiger partial charge in [0, 0.05) is 58.5 Å². The van der Waals surface area contributed by atoms with Crippen LogP contribution in [0, 0.1) is 0 Å². The molecule has 1 aliphatic heterocycles. The second-order valence-corrected chi connectivity index (χ2v) is 8.12. The molecule has 1 saturated heterocycles. The molecule has 1 aromatic carbocycles. The highest BCUT2D eigenvalue weighted by Gasteiger charge is 2.34. The summed E-state index contributed by atoms with van der Waals surface area (Å²) in [7, 11) is 3.89. The van der Waals surface area contributed by atoms with Crippen molar-refractivity contribution in [2.24, 2.45) is 4.99 Å². The maximum atomic E-state index is 5.68. The van der Waals surface area contributed by atoms with Crippen LogP contribution in [0.3, 0.4) is 0 Å². The van der Waals surface area contributed by atoms with E-state index in [1.165, 1.54) is 5.56 Å². The van der Waals surface area contributed by atoms with Gasteiger partial charge in [0.1, 0.15) is 5.75 Å². The third-order valence-electron chi connectivity index (χ3n) is 5.79. The molecule has 0 spiro atoms. The first-order valence-corrected chi connectivity index (χ1v) is 11.6. The van der Waals surface area contributed by atoms with Gasteiger partial charge in [0.05, 0.1) is 13.2 Å². The first-order chi connectivity index (χ1) is 15.1. The molecule has 31 heavy (non-hydrogen) atoms. The van der Waals surface area contributed by atoms with Gasteiger partial charge in [-0.05, 0) is 57.9 Å². The fraction of sp³-hybridized carbons (Fsp3) is 0.708. The van der Waals surface area contributed by atoms with E-state index in [1.807, 2.05) is 6.92 Å². The predicted molar refractivity (Wildman–Crippen MR) is 127 cm³/mol. The smallest absolute Gasteiger partial charge is 0.191 e. The highest BCUT2D eigenvalue weighted by molar-refractivity contribution is 5.79. The topological polar surface area (TPSA) is 67.4 Å². The molecule has 0 amide bonds. The number of ether oxygens (including phenoxy) is 3. The summed E-state index contributed by atoms with van der Waals surface area (Å²) in [4.78, 5) is 7.30. The molecular formula is C24H42N4O3. The van der Waals surface area contributed by atoms with Crippen LogP contribution < -0.4 is 15.4 Å². The van der Waals surface area contributed by atoms with Gasteiger partial charge in [-0.2, -0.15) is 0 Å². The minimum atomic E-state index is 0.00227. The van der Waals surface area contributed by atoms with Crippen molar-refractivity contribution in [2.75, 3.05) is 73.3 Å². The Bertz CT molecular complexity index is 630. The molecule has 0 bridgehead atoms. The van der Waals surface area contributed by atoms with Crippen molar-refractivity contribution in [2.45, 2.75) is 38.5 Å². The Morgan fingerprint density at radius 3 is 2.52 bits per heavy atom. The number of likely N-dealkylation sites (N-methyl/N-ethyl adjacent to an activating group) is 1. The van der Waals surface area contributed by atoms with E-state index in [0.29, 0.717) is 6.61 Å². The van der Waals surface area contributed by atoms with Gasteiger partial charge < -0.3 is 29.7 Å². The minimum absolute atomic E-state index is 0.00227. The second kappa shape index (κ2) is 14.3. The summed E-state index contributed by atoms with van der Waals surface area (Å²) in [5, 5.41) is 6.88. The zero-order chi connectivity index (χ0) is 22.4. The number of hydrogen-bond donors (Lipinski definition) is 2. The van der Waals surface area contributed by atoms with Crippen LogP contribution in [0.15, 0.2) is 29.3 Å². The SMILES string of the molecule is CCNC(=NCC1(c2ccc(OCC)cc2)CCOCC1)NCCN(C)CCCOC. The summed E-state index contributed by atoms with van der Waals surface area (Å²) >= 11 is 0. The van der Waals surface area contributed by atoms with Crippen LogP contribution in [-0.4, -0.2) is 84.2 Å². The maximum Gasteiger partial charge on any atom is 0.191 e. The van der Waals surface area contributed by atoms with Gasteiger partial charge in [0.2, 0.25) is 0 Å². The van der Waals surface area contributed by atoms with E-state index in [2.05, 4.69) is 53.8 Å². The van der Waals surface area contributed by atoms with Crippen molar-refractivity contribution >= 4 is 5.96 Å². The maximum absolute atomic E-state index is 5.68. The highest BCUT2D eigenvalue weighted by atomic mass is 16.5. The van der Waals surface area contributed by atoms with Crippen LogP contribution >= 0.6 is 0 Å². The molecule has 1 aromatic rings. The lowest BCUT2D eigenvalue weighted by molar-refractivity contribution is 0.0531. The van der Waals surface area contributed by atoms with Gasteiger partial charge in [-0.3, -0.25) is 4.99 Å². The number of nitrogens with zero attached hydrogens (tertiary/aromatic N) is 2. The van der Waals surface area contributed by atoms with Gasteiger partial charge >= 0.3 is 0 Å². The van der Waals surface area contributed by atoms with Crippen molar-refractivity contribution in [3.05, 3.63) is 29.8 Å². The summed E-state index contributed by atoms with van der Waals surface area (Å²) in [5.74, 6) is 1.80. The van der Waals surface area contributed by atoms with Gasteiger partial charge in [-0.25, -0.2) is 0 Å². The Hall–Kier alpha value is -1.83. The van der Waals surface area contributed by atoms with Crippen LogP contribution in [-0.2, 0) is 14.9 Å². The number of benzene rings is 1. The molecule has 0 radical (unpaired) electrons. The first kappa shape index (κ1) is 25.4. The second-order valence-electron chi connectivity index (χ2n) is 8.12. The van der Waals surface area contributed by atoms with E-state index >= 15 is 0 Å². The molecule has 1 heterocycles. The fourth-order valence-corrected chi connectivity index (χ4v) is 3.90. The summed E-state index contributed by atoms with van der Waals surface area (Å²) < 4.78 is 16.4. The lowest BCUT2D eigenvalue weighted by atomic mass is 9.74. The van der Waals surface area contributed by atoms with E-state index in [9.17, 15) is 0 Å². The average Bonchev–Trinajstić information content (AvgIpc) is 2.79. The molecule has 1 fully saturated rings.